The van der Waals surface area contributed by atoms with Crippen LogP contribution in [0.15, 0.2) is 0 Å². The Morgan fingerprint density at radius 3 is 2.18 bits per heavy atom. The highest BCUT2D eigenvalue weighted by molar-refractivity contribution is 5.90. The van der Waals surface area contributed by atoms with E-state index in [4.69, 9.17) is 16.6 Å². The Labute approximate surface area is 99.5 Å². The van der Waals surface area contributed by atoms with Crippen LogP contribution in [0, 0.1) is 5.92 Å². The SMILES string of the molecule is CC(C)C[C@@H](NC(=O)C(N)CC(N)=O)C(=O)O. The number of carboxylic acids is 1. The van der Waals surface area contributed by atoms with Gasteiger partial charge in [0.15, 0.2) is 0 Å². The molecule has 6 N–H and O–H groups in total. The van der Waals surface area contributed by atoms with E-state index in [0.717, 1.165) is 0 Å². The summed E-state index contributed by atoms with van der Waals surface area (Å²) in [6.45, 7) is 3.68. The topological polar surface area (TPSA) is 136 Å². The third kappa shape index (κ3) is 6.52. The van der Waals surface area contributed by atoms with Crippen LogP contribution in [-0.4, -0.2) is 35.0 Å². The largest absolute Gasteiger partial charge is 0.480 e. The van der Waals surface area contributed by atoms with Gasteiger partial charge in [0.2, 0.25) is 11.8 Å². The average molecular weight is 245 g/mol. The molecule has 0 aliphatic heterocycles. The molecule has 0 fully saturated rings. The number of nitrogens with one attached hydrogen (secondary N) is 1. The molecule has 0 aromatic rings. The molecule has 7 heteroatoms. The number of primary amides is 1. The second-order valence-electron chi connectivity index (χ2n) is 4.31. The molecule has 0 aromatic heterocycles. The van der Waals surface area contributed by atoms with Gasteiger partial charge in [0.05, 0.1) is 12.5 Å². The van der Waals surface area contributed by atoms with Gasteiger partial charge in [-0.25, -0.2) is 4.79 Å². The van der Waals surface area contributed by atoms with Crippen molar-refractivity contribution < 1.29 is 19.5 Å². The van der Waals surface area contributed by atoms with E-state index in [1.54, 1.807) is 0 Å². The van der Waals surface area contributed by atoms with E-state index in [-0.39, 0.29) is 12.3 Å². The molecule has 0 aliphatic carbocycles. The van der Waals surface area contributed by atoms with Crippen LogP contribution in [0.2, 0.25) is 0 Å². The van der Waals surface area contributed by atoms with Crippen molar-refractivity contribution in [3.05, 3.63) is 0 Å². The van der Waals surface area contributed by atoms with Crippen molar-refractivity contribution in [3.8, 4) is 0 Å². The summed E-state index contributed by atoms with van der Waals surface area (Å²) in [5.41, 5.74) is 10.3. The smallest absolute Gasteiger partial charge is 0.326 e. The first-order valence-electron chi connectivity index (χ1n) is 5.31. The van der Waals surface area contributed by atoms with Gasteiger partial charge in [-0.3, -0.25) is 9.59 Å². The predicted molar refractivity (Wildman–Crippen MR) is 60.8 cm³/mol. The van der Waals surface area contributed by atoms with Crippen molar-refractivity contribution in [3.63, 3.8) is 0 Å². The number of carboxylic acid groups (broad SMARTS) is 1. The zero-order chi connectivity index (χ0) is 13.6. The highest BCUT2D eigenvalue weighted by atomic mass is 16.4. The zero-order valence-corrected chi connectivity index (χ0v) is 9.97. The first kappa shape index (κ1) is 15.4. The molecule has 2 atom stereocenters. The number of hydrogen-bond acceptors (Lipinski definition) is 4. The van der Waals surface area contributed by atoms with E-state index < -0.39 is 29.9 Å². The maximum atomic E-state index is 11.5. The molecular weight excluding hydrogens is 226 g/mol. The fourth-order valence-electron chi connectivity index (χ4n) is 1.28. The first-order chi connectivity index (χ1) is 7.73. The van der Waals surface area contributed by atoms with Gasteiger partial charge < -0.3 is 21.9 Å². The predicted octanol–water partition coefficient (Wildman–Crippen LogP) is -1.20. The van der Waals surface area contributed by atoms with Gasteiger partial charge in [-0.1, -0.05) is 13.8 Å². The molecule has 0 aliphatic rings. The lowest BCUT2D eigenvalue weighted by Crippen LogP contribution is -2.49. The zero-order valence-electron chi connectivity index (χ0n) is 9.97. The lowest BCUT2D eigenvalue weighted by atomic mass is 10.0. The number of carbonyl (C=O) groups excluding carboxylic acids is 2. The van der Waals surface area contributed by atoms with Crippen LogP contribution in [0.5, 0.6) is 0 Å². The Morgan fingerprint density at radius 1 is 1.29 bits per heavy atom. The Kier molecular flexibility index (Phi) is 6.19. The molecule has 7 nitrogen and oxygen atoms in total. The summed E-state index contributed by atoms with van der Waals surface area (Å²) >= 11 is 0. The van der Waals surface area contributed by atoms with Gasteiger partial charge >= 0.3 is 5.97 Å². The van der Waals surface area contributed by atoms with Gasteiger partial charge in [0.1, 0.15) is 6.04 Å². The van der Waals surface area contributed by atoms with Crippen molar-refractivity contribution in [2.24, 2.45) is 17.4 Å². The summed E-state index contributed by atoms with van der Waals surface area (Å²) in [7, 11) is 0. The van der Waals surface area contributed by atoms with Gasteiger partial charge in [-0.15, -0.1) is 0 Å². The van der Waals surface area contributed by atoms with E-state index in [1.807, 2.05) is 13.8 Å². The maximum absolute atomic E-state index is 11.5. The van der Waals surface area contributed by atoms with Crippen LogP contribution >= 0.6 is 0 Å². The number of hydrogen-bond donors (Lipinski definition) is 4. The Hall–Kier alpha value is -1.63. The Bertz CT molecular complexity index is 304. The molecule has 0 aromatic carbocycles. The summed E-state index contributed by atoms with van der Waals surface area (Å²) in [4.78, 5) is 32.9. The minimum atomic E-state index is -1.13. The van der Waals surface area contributed by atoms with Gasteiger partial charge in [0, 0.05) is 0 Å². The summed E-state index contributed by atoms with van der Waals surface area (Å²) in [6, 6.07) is -2.11. The standard InChI is InChI=1S/C10H19N3O4/c1-5(2)3-7(10(16)17)13-9(15)6(11)4-8(12)14/h5-7H,3-4,11H2,1-2H3,(H2,12,14)(H,13,15)(H,16,17)/t6?,7-/m1/s1. The Morgan fingerprint density at radius 2 is 1.82 bits per heavy atom. The summed E-state index contributed by atoms with van der Waals surface area (Å²) in [6.07, 6.45) is -0.00971. The Balaban J connectivity index is 4.39. The van der Waals surface area contributed by atoms with Crippen molar-refractivity contribution in [2.45, 2.75) is 38.8 Å². The van der Waals surface area contributed by atoms with Gasteiger partial charge in [-0.2, -0.15) is 0 Å². The molecule has 0 radical (unpaired) electrons. The van der Waals surface area contributed by atoms with Crippen LogP contribution in [0.4, 0.5) is 0 Å². The summed E-state index contributed by atoms with van der Waals surface area (Å²) in [5, 5.41) is 11.2. The monoisotopic (exact) mass is 245 g/mol. The molecule has 2 amide bonds. The third-order valence-electron chi connectivity index (χ3n) is 2.08. The molecule has 0 bridgehead atoms. The van der Waals surface area contributed by atoms with Crippen LogP contribution in [0.1, 0.15) is 26.7 Å². The number of aliphatic carboxylic acids is 1. The highest BCUT2D eigenvalue weighted by Gasteiger charge is 2.24. The van der Waals surface area contributed by atoms with E-state index in [0.29, 0.717) is 6.42 Å². The lowest BCUT2D eigenvalue weighted by Gasteiger charge is -2.18. The highest BCUT2D eigenvalue weighted by Crippen LogP contribution is 2.05. The molecule has 0 rings (SSSR count). The van der Waals surface area contributed by atoms with Crippen molar-refractivity contribution >= 4 is 17.8 Å². The molecule has 0 saturated carbocycles. The maximum Gasteiger partial charge on any atom is 0.326 e. The molecule has 1 unspecified atom stereocenters. The van der Waals surface area contributed by atoms with E-state index in [1.165, 1.54) is 0 Å². The van der Waals surface area contributed by atoms with Gasteiger partial charge in [0.25, 0.3) is 0 Å². The van der Waals surface area contributed by atoms with Crippen LogP contribution in [-0.2, 0) is 14.4 Å². The molecule has 0 spiro atoms. The molecule has 0 heterocycles. The van der Waals surface area contributed by atoms with E-state index in [9.17, 15) is 14.4 Å². The van der Waals surface area contributed by atoms with Crippen LogP contribution < -0.4 is 16.8 Å². The quantitative estimate of drug-likeness (QED) is 0.447. The average Bonchev–Trinajstić information content (AvgIpc) is 2.14. The number of nitrogens with two attached hydrogens (primary N) is 2. The van der Waals surface area contributed by atoms with Crippen LogP contribution in [0.3, 0.4) is 0 Å². The minimum absolute atomic E-state index is 0.115. The van der Waals surface area contributed by atoms with Crippen molar-refractivity contribution in [2.75, 3.05) is 0 Å². The van der Waals surface area contributed by atoms with Crippen LogP contribution in [0.25, 0.3) is 0 Å². The summed E-state index contributed by atoms with van der Waals surface area (Å²) in [5.74, 6) is -2.40. The van der Waals surface area contributed by atoms with E-state index in [2.05, 4.69) is 5.32 Å². The molecule has 98 valence electrons. The minimum Gasteiger partial charge on any atom is -0.480 e. The van der Waals surface area contributed by atoms with Crippen molar-refractivity contribution in [1.29, 1.82) is 0 Å². The first-order valence-corrected chi connectivity index (χ1v) is 5.31. The fraction of sp³-hybridized carbons (Fsp3) is 0.700. The molecular formula is C10H19N3O4. The second-order valence-corrected chi connectivity index (χ2v) is 4.31. The lowest BCUT2D eigenvalue weighted by molar-refractivity contribution is -0.142. The van der Waals surface area contributed by atoms with Gasteiger partial charge in [-0.05, 0) is 12.3 Å². The number of amides is 2. The third-order valence-corrected chi connectivity index (χ3v) is 2.08. The fourth-order valence-corrected chi connectivity index (χ4v) is 1.28. The normalized spacial score (nSPS) is 14.1. The summed E-state index contributed by atoms with van der Waals surface area (Å²) < 4.78 is 0. The number of rotatable bonds is 7. The second kappa shape index (κ2) is 6.85. The molecule has 0 saturated heterocycles. The number of carbonyl (C=O) groups is 3. The van der Waals surface area contributed by atoms with Crippen molar-refractivity contribution in [1.82, 2.24) is 5.32 Å². The molecule has 17 heavy (non-hydrogen) atoms. The van der Waals surface area contributed by atoms with E-state index >= 15 is 0 Å².